The van der Waals surface area contributed by atoms with Crippen LogP contribution in [0.25, 0.3) is 10.6 Å². The average molecular weight is 371 g/mol. The van der Waals surface area contributed by atoms with Gasteiger partial charge in [0, 0.05) is 18.3 Å². The topological polar surface area (TPSA) is 93.5 Å². The van der Waals surface area contributed by atoms with Gasteiger partial charge in [0.2, 0.25) is 0 Å². The van der Waals surface area contributed by atoms with E-state index in [9.17, 15) is 9.59 Å². The zero-order valence-corrected chi connectivity index (χ0v) is 14.8. The van der Waals surface area contributed by atoms with Crippen molar-refractivity contribution < 1.29 is 18.8 Å². The lowest BCUT2D eigenvalue weighted by molar-refractivity contribution is -0.122. The molecule has 3 aromatic rings. The first-order valence-electron chi connectivity index (χ1n) is 7.97. The number of aromatic nitrogens is 1. The molecular formula is C18H17N3O4S. The molecule has 26 heavy (non-hydrogen) atoms. The van der Waals surface area contributed by atoms with Crippen LogP contribution < -0.4 is 15.4 Å². The Labute approximate surface area is 154 Å². The first kappa shape index (κ1) is 17.7. The molecule has 2 N–H and O–H groups in total. The molecular weight excluding hydrogens is 354 g/mol. The van der Waals surface area contributed by atoms with E-state index in [2.05, 4.69) is 15.8 Å². The highest BCUT2D eigenvalue weighted by Gasteiger charge is 2.14. The predicted molar refractivity (Wildman–Crippen MR) is 98.4 cm³/mol. The number of thiophene rings is 1. The Balaban J connectivity index is 1.57. The largest absolute Gasteiger partial charge is 0.484 e. The van der Waals surface area contributed by atoms with E-state index < -0.39 is 0 Å². The highest BCUT2D eigenvalue weighted by atomic mass is 32.1. The molecule has 0 atom stereocenters. The molecule has 8 heteroatoms. The third-order valence-electron chi connectivity index (χ3n) is 3.36. The Kier molecular flexibility index (Phi) is 5.65. The van der Waals surface area contributed by atoms with E-state index >= 15 is 0 Å². The highest BCUT2D eigenvalue weighted by Crippen LogP contribution is 2.25. The zero-order valence-electron chi connectivity index (χ0n) is 14.0. The number of hydrogen-bond donors (Lipinski definition) is 2. The number of hydrogen-bond acceptors (Lipinski definition) is 6. The molecule has 0 bridgehead atoms. The van der Waals surface area contributed by atoms with E-state index in [0.29, 0.717) is 23.7 Å². The van der Waals surface area contributed by atoms with E-state index in [4.69, 9.17) is 9.26 Å². The van der Waals surface area contributed by atoms with Gasteiger partial charge in [-0.3, -0.25) is 9.59 Å². The molecule has 0 aliphatic rings. The van der Waals surface area contributed by atoms with Crippen molar-refractivity contribution in [3.05, 3.63) is 53.5 Å². The minimum absolute atomic E-state index is 0.0516. The molecule has 2 heterocycles. The SMILES string of the molecule is CCNC(=O)COc1ccc(NC(=O)c2cc(-c3cccs3)on2)cc1. The molecule has 2 aromatic heterocycles. The number of amides is 2. The molecule has 0 unspecified atom stereocenters. The lowest BCUT2D eigenvalue weighted by atomic mass is 10.2. The fourth-order valence-corrected chi connectivity index (χ4v) is 2.82. The van der Waals surface area contributed by atoms with Crippen molar-refractivity contribution in [3.63, 3.8) is 0 Å². The van der Waals surface area contributed by atoms with Gasteiger partial charge in [0.15, 0.2) is 18.1 Å². The van der Waals surface area contributed by atoms with Gasteiger partial charge in [0.1, 0.15) is 5.75 Å². The summed E-state index contributed by atoms with van der Waals surface area (Å²) in [6.07, 6.45) is 0. The summed E-state index contributed by atoms with van der Waals surface area (Å²) in [5.41, 5.74) is 0.783. The number of carbonyl (C=O) groups is 2. The molecule has 0 fully saturated rings. The van der Waals surface area contributed by atoms with Crippen LogP contribution >= 0.6 is 11.3 Å². The average Bonchev–Trinajstić information content (AvgIpc) is 3.32. The molecule has 0 radical (unpaired) electrons. The monoisotopic (exact) mass is 371 g/mol. The van der Waals surface area contributed by atoms with Gasteiger partial charge in [0.05, 0.1) is 4.88 Å². The first-order valence-corrected chi connectivity index (χ1v) is 8.85. The lowest BCUT2D eigenvalue weighted by Crippen LogP contribution is -2.28. The predicted octanol–water partition coefficient (Wildman–Crippen LogP) is 3.17. The number of rotatable bonds is 7. The van der Waals surface area contributed by atoms with E-state index in [-0.39, 0.29) is 24.1 Å². The van der Waals surface area contributed by atoms with Crippen LogP contribution in [0, 0.1) is 0 Å². The van der Waals surface area contributed by atoms with Gasteiger partial charge in [-0.1, -0.05) is 11.2 Å². The van der Waals surface area contributed by atoms with Gasteiger partial charge < -0.3 is 19.9 Å². The summed E-state index contributed by atoms with van der Waals surface area (Å²) in [7, 11) is 0. The molecule has 7 nitrogen and oxygen atoms in total. The highest BCUT2D eigenvalue weighted by molar-refractivity contribution is 7.13. The maximum atomic E-state index is 12.3. The van der Waals surface area contributed by atoms with E-state index in [0.717, 1.165) is 4.88 Å². The summed E-state index contributed by atoms with van der Waals surface area (Å²) in [6, 6.07) is 12.1. The lowest BCUT2D eigenvalue weighted by Gasteiger charge is -2.07. The van der Waals surface area contributed by atoms with Gasteiger partial charge >= 0.3 is 0 Å². The summed E-state index contributed by atoms with van der Waals surface area (Å²) < 4.78 is 10.6. The number of carbonyl (C=O) groups excluding carboxylic acids is 2. The fourth-order valence-electron chi connectivity index (χ4n) is 2.14. The van der Waals surface area contributed by atoms with Crippen LogP contribution in [-0.2, 0) is 4.79 Å². The van der Waals surface area contributed by atoms with Crippen molar-refractivity contribution in [3.8, 4) is 16.4 Å². The Bertz CT molecular complexity index is 872. The minimum atomic E-state index is -0.368. The van der Waals surface area contributed by atoms with E-state index in [1.165, 1.54) is 11.3 Å². The number of nitrogens with one attached hydrogen (secondary N) is 2. The summed E-state index contributed by atoms with van der Waals surface area (Å²) in [6.45, 7) is 2.35. The van der Waals surface area contributed by atoms with Gasteiger partial charge in [-0.15, -0.1) is 11.3 Å². The molecule has 0 aliphatic carbocycles. The molecule has 0 aliphatic heterocycles. The van der Waals surface area contributed by atoms with Crippen LogP contribution in [0.3, 0.4) is 0 Å². The molecule has 3 rings (SSSR count). The number of anilines is 1. The first-order chi connectivity index (χ1) is 12.7. The van der Waals surface area contributed by atoms with Gasteiger partial charge in [0.25, 0.3) is 11.8 Å². The maximum Gasteiger partial charge on any atom is 0.277 e. The van der Waals surface area contributed by atoms with Crippen molar-refractivity contribution >= 4 is 28.8 Å². The second kappa shape index (κ2) is 8.30. The smallest absolute Gasteiger partial charge is 0.277 e. The standard InChI is InChI=1S/C18H17N3O4S/c1-2-19-17(22)11-24-13-7-5-12(6-8-13)20-18(23)14-10-15(25-21-14)16-4-3-9-26-16/h3-10H,2,11H2,1H3,(H,19,22)(H,20,23). The molecule has 134 valence electrons. The van der Waals surface area contributed by atoms with Crippen LogP contribution in [0.5, 0.6) is 5.75 Å². The van der Waals surface area contributed by atoms with Crippen molar-refractivity contribution in [1.29, 1.82) is 0 Å². The zero-order chi connectivity index (χ0) is 18.4. The Hall–Kier alpha value is -3.13. The van der Waals surface area contributed by atoms with E-state index in [1.54, 1.807) is 30.3 Å². The van der Waals surface area contributed by atoms with Crippen molar-refractivity contribution in [2.24, 2.45) is 0 Å². The van der Waals surface area contributed by atoms with Gasteiger partial charge in [-0.05, 0) is 42.6 Å². The fraction of sp³-hybridized carbons (Fsp3) is 0.167. The van der Waals surface area contributed by atoms with Gasteiger partial charge in [-0.25, -0.2) is 0 Å². The van der Waals surface area contributed by atoms with Crippen LogP contribution in [0.1, 0.15) is 17.4 Å². The van der Waals surface area contributed by atoms with E-state index in [1.807, 2.05) is 24.4 Å². The third kappa shape index (κ3) is 4.48. The van der Waals surface area contributed by atoms with Gasteiger partial charge in [-0.2, -0.15) is 0 Å². The molecule has 0 spiro atoms. The normalized spacial score (nSPS) is 10.3. The number of benzene rings is 1. The Morgan fingerprint density at radius 2 is 2.04 bits per heavy atom. The molecule has 0 saturated heterocycles. The summed E-state index contributed by atoms with van der Waals surface area (Å²) in [5.74, 6) is 0.542. The summed E-state index contributed by atoms with van der Waals surface area (Å²) in [4.78, 5) is 24.5. The summed E-state index contributed by atoms with van der Waals surface area (Å²) >= 11 is 1.51. The number of nitrogens with zero attached hydrogens (tertiary/aromatic N) is 1. The van der Waals surface area contributed by atoms with Crippen LogP contribution in [0.4, 0.5) is 5.69 Å². The molecule has 2 amide bonds. The minimum Gasteiger partial charge on any atom is -0.484 e. The van der Waals surface area contributed by atoms with Crippen LogP contribution in [0.2, 0.25) is 0 Å². The van der Waals surface area contributed by atoms with Crippen LogP contribution in [-0.4, -0.2) is 30.1 Å². The third-order valence-corrected chi connectivity index (χ3v) is 4.25. The van der Waals surface area contributed by atoms with Crippen molar-refractivity contribution in [2.75, 3.05) is 18.5 Å². The second-order valence-corrected chi connectivity index (χ2v) is 6.22. The Morgan fingerprint density at radius 1 is 1.23 bits per heavy atom. The maximum absolute atomic E-state index is 12.3. The van der Waals surface area contributed by atoms with Crippen molar-refractivity contribution in [2.45, 2.75) is 6.92 Å². The summed E-state index contributed by atoms with van der Waals surface area (Å²) in [5, 5.41) is 11.1. The quantitative estimate of drug-likeness (QED) is 0.665. The van der Waals surface area contributed by atoms with Crippen molar-refractivity contribution in [1.82, 2.24) is 10.5 Å². The van der Waals surface area contributed by atoms with Crippen LogP contribution in [0.15, 0.2) is 52.4 Å². The number of ether oxygens (including phenoxy) is 1. The molecule has 0 saturated carbocycles. The second-order valence-electron chi connectivity index (χ2n) is 5.27. The Morgan fingerprint density at radius 3 is 2.73 bits per heavy atom. The molecule has 1 aromatic carbocycles. The number of likely N-dealkylation sites (N-methyl/N-ethyl adjacent to an activating group) is 1.